The average molecular weight is 140 g/mol. The van der Waals surface area contributed by atoms with Crippen LogP contribution >= 0.6 is 0 Å². The lowest BCUT2D eigenvalue weighted by Crippen LogP contribution is -2.01. The molecule has 2 atom stereocenters. The second kappa shape index (κ2) is 2.56. The summed E-state index contributed by atoms with van der Waals surface area (Å²) in [5, 5.41) is 0. The van der Waals surface area contributed by atoms with Crippen LogP contribution in [0, 0.1) is 17.3 Å². The second-order valence-corrected chi connectivity index (χ2v) is 3.91. The molecule has 1 fully saturated rings. The van der Waals surface area contributed by atoms with Gasteiger partial charge in [-0.05, 0) is 30.1 Å². The zero-order valence-electron chi connectivity index (χ0n) is 7.78. The first-order valence-electron chi connectivity index (χ1n) is 4.69. The maximum Gasteiger partial charge on any atom is -0.0243 e. The maximum absolute atomic E-state index is 2.41. The highest BCUT2D eigenvalue weighted by molar-refractivity contribution is 5.04. The van der Waals surface area contributed by atoms with Crippen molar-refractivity contribution in [2.24, 2.45) is 17.3 Å². The molecule has 0 spiro atoms. The number of hydrogen-bond acceptors (Lipinski definition) is 0. The van der Waals surface area contributed by atoms with Gasteiger partial charge in [0.15, 0.2) is 0 Å². The molecule has 1 rings (SSSR count). The second-order valence-electron chi connectivity index (χ2n) is 3.91. The average Bonchev–Trinajstić information content (AvgIpc) is 2.43. The van der Waals surface area contributed by atoms with Crippen LogP contribution in [0.25, 0.3) is 0 Å². The highest BCUT2D eigenvalue weighted by atomic mass is 14.6. The molecule has 0 saturated heterocycles. The molecular formula is C10H20. The van der Waals surface area contributed by atoms with E-state index in [-0.39, 0.29) is 0 Å². The Labute approximate surface area is 65.0 Å². The first-order valence-corrected chi connectivity index (χ1v) is 4.69. The smallest absolute Gasteiger partial charge is 0.0243 e. The SMILES string of the molecule is CCCC1(CC)C(C)C1C. The van der Waals surface area contributed by atoms with Gasteiger partial charge in [0, 0.05) is 0 Å². The fraction of sp³-hybridized carbons (Fsp3) is 1.00. The Morgan fingerprint density at radius 3 is 1.70 bits per heavy atom. The van der Waals surface area contributed by atoms with Crippen LogP contribution in [-0.4, -0.2) is 0 Å². The van der Waals surface area contributed by atoms with E-state index < -0.39 is 0 Å². The van der Waals surface area contributed by atoms with Crippen molar-refractivity contribution in [1.29, 1.82) is 0 Å². The molecule has 0 aromatic carbocycles. The maximum atomic E-state index is 2.41. The molecule has 0 aliphatic heterocycles. The minimum Gasteiger partial charge on any atom is -0.0654 e. The van der Waals surface area contributed by atoms with Crippen LogP contribution in [0.2, 0.25) is 0 Å². The monoisotopic (exact) mass is 140 g/mol. The largest absolute Gasteiger partial charge is 0.0654 e. The van der Waals surface area contributed by atoms with Crippen molar-refractivity contribution in [1.82, 2.24) is 0 Å². The molecular weight excluding hydrogens is 120 g/mol. The normalized spacial score (nSPS) is 45.6. The Morgan fingerprint density at radius 1 is 1.10 bits per heavy atom. The van der Waals surface area contributed by atoms with Gasteiger partial charge in [0.2, 0.25) is 0 Å². The highest BCUT2D eigenvalue weighted by Crippen LogP contribution is 2.63. The Bertz CT molecular complexity index is 107. The molecule has 0 heterocycles. The van der Waals surface area contributed by atoms with Crippen LogP contribution in [0.5, 0.6) is 0 Å². The number of hydrogen-bond donors (Lipinski definition) is 0. The first kappa shape index (κ1) is 8.10. The summed E-state index contributed by atoms with van der Waals surface area (Å²) in [4.78, 5) is 0. The predicted octanol–water partition coefficient (Wildman–Crippen LogP) is 3.47. The molecule has 0 aromatic rings. The quantitative estimate of drug-likeness (QED) is 0.563. The minimum absolute atomic E-state index is 0.759. The number of rotatable bonds is 3. The van der Waals surface area contributed by atoms with Gasteiger partial charge in [-0.2, -0.15) is 0 Å². The Hall–Kier alpha value is 0. The molecule has 2 unspecified atom stereocenters. The third-order valence-corrected chi connectivity index (χ3v) is 3.83. The van der Waals surface area contributed by atoms with Gasteiger partial charge in [0.1, 0.15) is 0 Å². The van der Waals surface area contributed by atoms with Gasteiger partial charge in [-0.15, -0.1) is 0 Å². The summed E-state index contributed by atoms with van der Waals surface area (Å²) >= 11 is 0. The fourth-order valence-electron chi connectivity index (χ4n) is 2.69. The summed E-state index contributed by atoms with van der Waals surface area (Å²) in [6.45, 7) is 9.46. The summed E-state index contributed by atoms with van der Waals surface area (Å²) < 4.78 is 0. The molecule has 0 bridgehead atoms. The van der Waals surface area contributed by atoms with E-state index in [2.05, 4.69) is 27.7 Å². The lowest BCUT2D eigenvalue weighted by Gasteiger charge is -2.12. The van der Waals surface area contributed by atoms with Gasteiger partial charge in [-0.25, -0.2) is 0 Å². The lowest BCUT2D eigenvalue weighted by molar-refractivity contribution is 0.387. The van der Waals surface area contributed by atoms with E-state index in [1.807, 2.05) is 0 Å². The van der Waals surface area contributed by atoms with Gasteiger partial charge < -0.3 is 0 Å². The van der Waals surface area contributed by atoms with Gasteiger partial charge >= 0.3 is 0 Å². The van der Waals surface area contributed by atoms with E-state index in [0.717, 1.165) is 17.3 Å². The highest BCUT2D eigenvalue weighted by Gasteiger charge is 2.56. The van der Waals surface area contributed by atoms with Crippen LogP contribution in [-0.2, 0) is 0 Å². The van der Waals surface area contributed by atoms with Gasteiger partial charge in [0.25, 0.3) is 0 Å². The van der Waals surface area contributed by atoms with Crippen molar-refractivity contribution in [2.75, 3.05) is 0 Å². The van der Waals surface area contributed by atoms with Crippen LogP contribution in [0.4, 0.5) is 0 Å². The standard InChI is InChI=1S/C10H20/c1-5-7-10(6-2)8(3)9(10)4/h8-9H,5-7H2,1-4H3. The van der Waals surface area contributed by atoms with E-state index in [1.54, 1.807) is 0 Å². The van der Waals surface area contributed by atoms with Crippen molar-refractivity contribution >= 4 is 0 Å². The van der Waals surface area contributed by atoms with Crippen molar-refractivity contribution in [2.45, 2.75) is 47.0 Å². The molecule has 0 nitrogen and oxygen atoms in total. The summed E-state index contributed by atoms with van der Waals surface area (Å²) in [5.74, 6) is 2.00. The molecule has 60 valence electrons. The van der Waals surface area contributed by atoms with E-state index in [4.69, 9.17) is 0 Å². The van der Waals surface area contributed by atoms with E-state index in [0.29, 0.717) is 0 Å². The Balaban J connectivity index is 2.48. The summed E-state index contributed by atoms with van der Waals surface area (Å²) in [6, 6.07) is 0. The third kappa shape index (κ3) is 0.889. The molecule has 0 heteroatoms. The first-order chi connectivity index (χ1) is 4.69. The van der Waals surface area contributed by atoms with E-state index in [9.17, 15) is 0 Å². The molecule has 1 saturated carbocycles. The van der Waals surface area contributed by atoms with Crippen molar-refractivity contribution < 1.29 is 0 Å². The van der Waals surface area contributed by atoms with Crippen LogP contribution < -0.4 is 0 Å². The zero-order chi connectivity index (χ0) is 7.78. The van der Waals surface area contributed by atoms with E-state index in [1.165, 1.54) is 19.3 Å². The summed E-state index contributed by atoms with van der Waals surface area (Å²) in [5.41, 5.74) is 0.759. The molecule has 0 amide bonds. The predicted molar refractivity (Wildman–Crippen MR) is 46.0 cm³/mol. The zero-order valence-corrected chi connectivity index (χ0v) is 7.78. The molecule has 10 heavy (non-hydrogen) atoms. The van der Waals surface area contributed by atoms with Gasteiger partial charge in [0.05, 0.1) is 0 Å². The molecule has 1 aliphatic rings. The lowest BCUT2D eigenvalue weighted by atomic mass is 9.93. The van der Waals surface area contributed by atoms with Gasteiger partial charge in [-0.1, -0.05) is 34.1 Å². The van der Waals surface area contributed by atoms with Crippen LogP contribution in [0.3, 0.4) is 0 Å². The molecule has 1 aliphatic carbocycles. The summed E-state index contributed by atoms with van der Waals surface area (Å²) in [7, 11) is 0. The molecule has 0 N–H and O–H groups in total. The van der Waals surface area contributed by atoms with Crippen molar-refractivity contribution in [3.63, 3.8) is 0 Å². The molecule has 0 radical (unpaired) electrons. The van der Waals surface area contributed by atoms with E-state index >= 15 is 0 Å². The minimum atomic E-state index is 0.759. The van der Waals surface area contributed by atoms with Crippen molar-refractivity contribution in [3.8, 4) is 0 Å². The van der Waals surface area contributed by atoms with Crippen molar-refractivity contribution in [3.05, 3.63) is 0 Å². The Morgan fingerprint density at radius 2 is 1.60 bits per heavy atom. The van der Waals surface area contributed by atoms with Crippen LogP contribution in [0.1, 0.15) is 47.0 Å². The third-order valence-electron chi connectivity index (χ3n) is 3.83. The Kier molecular flexibility index (Phi) is 2.07. The van der Waals surface area contributed by atoms with Gasteiger partial charge in [-0.3, -0.25) is 0 Å². The van der Waals surface area contributed by atoms with Crippen LogP contribution in [0.15, 0.2) is 0 Å². The molecule has 0 aromatic heterocycles. The summed E-state index contributed by atoms with van der Waals surface area (Å²) in [6.07, 6.45) is 4.21. The topological polar surface area (TPSA) is 0 Å². The fourth-order valence-corrected chi connectivity index (χ4v) is 2.69.